The van der Waals surface area contributed by atoms with E-state index in [2.05, 4.69) is 0 Å². The number of hydrogen-bond donors (Lipinski definition) is 2. The highest BCUT2D eigenvalue weighted by molar-refractivity contribution is 5.44. The molecule has 94 valence electrons. The summed E-state index contributed by atoms with van der Waals surface area (Å²) in [7, 11) is 0. The van der Waals surface area contributed by atoms with Crippen LogP contribution in [-0.2, 0) is 11.3 Å². The molecule has 0 aliphatic carbocycles. The molecule has 0 radical (unpaired) electrons. The summed E-state index contributed by atoms with van der Waals surface area (Å²) in [5.41, 5.74) is 0.952. The van der Waals surface area contributed by atoms with Crippen molar-refractivity contribution in [1.82, 2.24) is 0 Å². The number of phenolic OH excluding ortho intramolecular Hbond substituents is 1. The van der Waals surface area contributed by atoms with Crippen molar-refractivity contribution in [2.75, 3.05) is 32.9 Å². The molecule has 1 aromatic carbocycles. The van der Waals surface area contributed by atoms with E-state index in [0.29, 0.717) is 12.4 Å². The normalized spacial score (nSPS) is 17.0. The third-order valence-electron chi connectivity index (χ3n) is 3.02. The van der Waals surface area contributed by atoms with Crippen LogP contribution in [0, 0.1) is 0 Å². The molecule has 1 aliphatic heterocycles. The number of para-hydroxylation sites is 1. The second kappa shape index (κ2) is 5.89. The van der Waals surface area contributed by atoms with Gasteiger partial charge in [0.1, 0.15) is 19.6 Å². The number of hydrogen-bond acceptors (Lipinski definition) is 3. The topological polar surface area (TPSA) is 43.1 Å². The van der Waals surface area contributed by atoms with Crippen LogP contribution < -0.4 is 9.64 Å². The van der Waals surface area contributed by atoms with Crippen molar-refractivity contribution in [1.29, 1.82) is 0 Å². The lowest BCUT2D eigenvalue weighted by atomic mass is 10.1. The Balaban J connectivity index is 2.06. The number of rotatable bonds is 4. The van der Waals surface area contributed by atoms with E-state index >= 15 is 0 Å². The van der Waals surface area contributed by atoms with Gasteiger partial charge in [0.05, 0.1) is 25.4 Å². The predicted molar refractivity (Wildman–Crippen MR) is 64.5 cm³/mol. The Morgan fingerprint density at radius 2 is 2.12 bits per heavy atom. The molecule has 1 aromatic rings. The number of ether oxygens (including phenoxy) is 2. The van der Waals surface area contributed by atoms with Crippen LogP contribution in [0.4, 0.5) is 0 Å². The Labute approximate surface area is 102 Å². The number of nitrogens with one attached hydrogen (secondary N) is 1. The van der Waals surface area contributed by atoms with E-state index in [1.165, 1.54) is 4.90 Å². The van der Waals surface area contributed by atoms with E-state index in [0.717, 1.165) is 38.4 Å². The third-order valence-corrected chi connectivity index (χ3v) is 3.02. The Morgan fingerprint density at radius 1 is 1.35 bits per heavy atom. The second-order valence-corrected chi connectivity index (χ2v) is 4.24. The molecule has 0 bridgehead atoms. The summed E-state index contributed by atoms with van der Waals surface area (Å²) in [6.45, 7) is 6.93. The Kier molecular flexibility index (Phi) is 4.23. The number of morpholine rings is 1. The highest BCUT2D eigenvalue weighted by Gasteiger charge is 2.17. The van der Waals surface area contributed by atoms with Crippen molar-refractivity contribution in [2.24, 2.45) is 0 Å². The summed E-state index contributed by atoms with van der Waals surface area (Å²) in [5.74, 6) is 0.867. The second-order valence-electron chi connectivity index (χ2n) is 4.24. The molecular weight excluding hydrogens is 218 g/mol. The SMILES string of the molecule is CCOc1cccc(C[NH+]2CCOCC2)c1O. The molecule has 1 fully saturated rings. The van der Waals surface area contributed by atoms with Crippen LogP contribution in [0.2, 0.25) is 0 Å². The predicted octanol–water partition coefficient (Wildman–Crippen LogP) is 0.206. The molecule has 0 atom stereocenters. The van der Waals surface area contributed by atoms with Crippen LogP contribution in [0.3, 0.4) is 0 Å². The Bertz CT molecular complexity index is 362. The van der Waals surface area contributed by atoms with E-state index in [9.17, 15) is 5.11 Å². The molecule has 4 heteroatoms. The lowest BCUT2D eigenvalue weighted by Gasteiger charge is -2.24. The number of phenols is 1. The van der Waals surface area contributed by atoms with Gasteiger partial charge in [0, 0.05) is 0 Å². The summed E-state index contributed by atoms with van der Waals surface area (Å²) < 4.78 is 10.7. The zero-order valence-corrected chi connectivity index (χ0v) is 10.2. The number of benzene rings is 1. The first kappa shape index (κ1) is 12.2. The summed E-state index contributed by atoms with van der Waals surface area (Å²) in [6, 6.07) is 5.69. The fourth-order valence-corrected chi connectivity index (χ4v) is 2.09. The van der Waals surface area contributed by atoms with Crippen molar-refractivity contribution in [3.8, 4) is 11.5 Å². The highest BCUT2D eigenvalue weighted by Crippen LogP contribution is 2.29. The Hall–Kier alpha value is -1.26. The zero-order valence-electron chi connectivity index (χ0n) is 10.2. The van der Waals surface area contributed by atoms with Crippen molar-refractivity contribution in [2.45, 2.75) is 13.5 Å². The van der Waals surface area contributed by atoms with E-state index in [-0.39, 0.29) is 5.75 Å². The average Bonchev–Trinajstić information content (AvgIpc) is 2.36. The maximum absolute atomic E-state index is 10.1. The van der Waals surface area contributed by atoms with Crippen molar-refractivity contribution in [3.05, 3.63) is 23.8 Å². The fourth-order valence-electron chi connectivity index (χ4n) is 2.09. The van der Waals surface area contributed by atoms with Gasteiger partial charge in [-0.15, -0.1) is 0 Å². The first-order valence-corrected chi connectivity index (χ1v) is 6.16. The highest BCUT2D eigenvalue weighted by atomic mass is 16.5. The first-order valence-electron chi connectivity index (χ1n) is 6.16. The van der Waals surface area contributed by atoms with Gasteiger partial charge in [0.25, 0.3) is 0 Å². The molecule has 0 unspecified atom stereocenters. The molecule has 0 saturated carbocycles. The monoisotopic (exact) mass is 238 g/mol. The minimum Gasteiger partial charge on any atom is -0.504 e. The van der Waals surface area contributed by atoms with Crippen LogP contribution in [-0.4, -0.2) is 38.0 Å². The number of quaternary nitrogens is 1. The van der Waals surface area contributed by atoms with Crippen LogP contribution in [0.25, 0.3) is 0 Å². The van der Waals surface area contributed by atoms with Crippen molar-refractivity contribution in [3.63, 3.8) is 0 Å². The minimum atomic E-state index is 0.286. The molecular formula is C13H20NO3+. The first-order chi connectivity index (χ1) is 8.31. The van der Waals surface area contributed by atoms with Crippen LogP contribution in [0.15, 0.2) is 18.2 Å². The van der Waals surface area contributed by atoms with Gasteiger partial charge in [-0.3, -0.25) is 0 Å². The Morgan fingerprint density at radius 3 is 2.82 bits per heavy atom. The molecule has 1 heterocycles. The van der Waals surface area contributed by atoms with Gasteiger partial charge >= 0.3 is 0 Å². The summed E-state index contributed by atoms with van der Waals surface area (Å²) in [4.78, 5) is 1.44. The van der Waals surface area contributed by atoms with Gasteiger partial charge in [-0.05, 0) is 19.1 Å². The smallest absolute Gasteiger partial charge is 0.166 e. The largest absolute Gasteiger partial charge is 0.504 e. The molecule has 17 heavy (non-hydrogen) atoms. The summed E-state index contributed by atoms with van der Waals surface area (Å²) in [5, 5.41) is 10.1. The lowest BCUT2D eigenvalue weighted by Crippen LogP contribution is -3.12. The molecule has 4 nitrogen and oxygen atoms in total. The quantitative estimate of drug-likeness (QED) is 0.788. The van der Waals surface area contributed by atoms with Crippen molar-refractivity contribution < 1.29 is 19.5 Å². The molecule has 0 aromatic heterocycles. The van der Waals surface area contributed by atoms with Gasteiger partial charge < -0.3 is 19.5 Å². The van der Waals surface area contributed by atoms with E-state index < -0.39 is 0 Å². The minimum absolute atomic E-state index is 0.286. The van der Waals surface area contributed by atoms with Crippen LogP contribution >= 0.6 is 0 Å². The van der Waals surface area contributed by atoms with Crippen LogP contribution in [0.1, 0.15) is 12.5 Å². The van der Waals surface area contributed by atoms with E-state index in [4.69, 9.17) is 9.47 Å². The molecule has 0 amide bonds. The molecule has 2 rings (SSSR count). The van der Waals surface area contributed by atoms with Gasteiger partial charge in [0.15, 0.2) is 11.5 Å². The molecule has 1 aliphatic rings. The standard InChI is InChI=1S/C13H19NO3/c1-2-17-12-5-3-4-11(13(12)15)10-14-6-8-16-9-7-14/h3-5,15H,2,6-10H2,1H3/p+1. The maximum atomic E-state index is 10.1. The number of aromatic hydroxyl groups is 1. The lowest BCUT2D eigenvalue weighted by molar-refractivity contribution is -0.921. The van der Waals surface area contributed by atoms with E-state index in [1.54, 1.807) is 6.07 Å². The van der Waals surface area contributed by atoms with Gasteiger partial charge in [-0.25, -0.2) is 0 Å². The van der Waals surface area contributed by atoms with Crippen LogP contribution in [0.5, 0.6) is 11.5 Å². The fraction of sp³-hybridized carbons (Fsp3) is 0.538. The molecule has 0 spiro atoms. The maximum Gasteiger partial charge on any atom is 0.166 e. The van der Waals surface area contributed by atoms with Gasteiger partial charge in [-0.2, -0.15) is 0 Å². The average molecular weight is 238 g/mol. The van der Waals surface area contributed by atoms with Crippen molar-refractivity contribution >= 4 is 0 Å². The van der Waals surface area contributed by atoms with E-state index in [1.807, 2.05) is 19.1 Å². The summed E-state index contributed by atoms with van der Waals surface area (Å²) in [6.07, 6.45) is 0. The van der Waals surface area contributed by atoms with Gasteiger partial charge in [0.2, 0.25) is 0 Å². The molecule has 2 N–H and O–H groups in total. The summed E-state index contributed by atoms with van der Waals surface area (Å²) >= 11 is 0. The van der Waals surface area contributed by atoms with Gasteiger partial charge in [-0.1, -0.05) is 6.07 Å². The zero-order chi connectivity index (χ0) is 12.1. The third kappa shape index (κ3) is 3.11. The molecule has 1 saturated heterocycles.